The summed E-state index contributed by atoms with van der Waals surface area (Å²) in [5.41, 5.74) is 0.540. The van der Waals surface area contributed by atoms with Gasteiger partial charge in [-0.15, -0.1) is 0 Å². The van der Waals surface area contributed by atoms with Crippen LogP contribution in [0.25, 0.3) is 0 Å². The third kappa shape index (κ3) is 2.56. The fraction of sp³-hybridized carbons (Fsp3) is 0.364. The molecule has 0 saturated carbocycles. The summed E-state index contributed by atoms with van der Waals surface area (Å²) < 4.78 is 6.06. The van der Waals surface area contributed by atoms with Crippen LogP contribution in [0.2, 0.25) is 5.02 Å². The molecule has 1 aromatic rings. The molecule has 1 fully saturated rings. The predicted octanol–water partition coefficient (Wildman–Crippen LogP) is 2.57. The maximum atomic E-state index is 12.1. The lowest BCUT2D eigenvalue weighted by molar-refractivity contribution is 0.0303. The van der Waals surface area contributed by atoms with E-state index in [1.165, 1.54) is 0 Å². The Morgan fingerprint density at radius 2 is 2.06 bits per heavy atom. The highest BCUT2D eigenvalue weighted by Gasteiger charge is 2.20. The molecular weight excluding hydrogens is 293 g/mol. The second kappa shape index (κ2) is 5.17. The molecule has 0 spiro atoms. The summed E-state index contributed by atoms with van der Waals surface area (Å²) in [7, 11) is 0. The number of nitrogens with zero attached hydrogens (tertiary/aromatic N) is 1. The second-order valence-electron chi connectivity index (χ2n) is 3.53. The number of carbonyl (C=O) groups is 1. The predicted molar refractivity (Wildman–Crippen MR) is 65.9 cm³/mol. The van der Waals surface area contributed by atoms with E-state index in [-0.39, 0.29) is 5.91 Å². The number of hydrogen-bond donors (Lipinski definition) is 0. The van der Waals surface area contributed by atoms with E-state index < -0.39 is 0 Å². The lowest BCUT2D eigenvalue weighted by atomic mass is 10.2. The molecule has 2 rings (SSSR count). The van der Waals surface area contributed by atoms with Crippen LogP contribution in [0.15, 0.2) is 22.7 Å². The summed E-state index contributed by atoms with van der Waals surface area (Å²) >= 11 is 9.35. The molecule has 3 nitrogen and oxygen atoms in total. The number of carbonyl (C=O) groups excluding carboxylic acids is 1. The Balaban J connectivity index is 2.22. The van der Waals surface area contributed by atoms with E-state index in [2.05, 4.69) is 15.9 Å². The number of ether oxygens (including phenoxy) is 1. The normalized spacial score (nSPS) is 16.2. The highest BCUT2D eigenvalue weighted by atomic mass is 79.9. The fourth-order valence-electron chi connectivity index (χ4n) is 1.60. The van der Waals surface area contributed by atoms with Crippen molar-refractivity contribution in [3.8, 4) is 0 Å². The third-order valence-electron chi connectivity index (χ3n) is 2.46. The van der Waals surface area contributed by atoms with E-state index in [9.17, 15) is 4.79 Å². The summed E-state index contributed by atoms with van der Waals surface area (Å²) in [4.78, 5) is 13.9. The molecule has 0 atom stereocenters. The summed E-state index contributed by atoms with van der Waals surface area (Å²) in [5.74, 6) is -0.0328. The van der Waals surface area contributed by atoms with Crippen molar-refractivity contribution in [2.24, 2.45) is 0 Å². The van der Waals surface area contributed by atoms with E-state index in [1.54, 1.807) is 17.0 Å². The van der Waals surface area contributed by atoms with Gasteiger partial charge in [0.2, 0.25) is 0 Å². The van der Waals surface area contributed by atoms with Crippen molar-refractivity contribution >= 4 is 33.4 Å². The maximum absolute atomic E-state index is 12.1. The quantitative estimate of drug-likeness (QED) is 0.798. The highest BCUT2D eigenvalue weighted by molar-refractivity contribution is 9.10. The topological polar surface area (TPSA) is 29.5 Å². The van der Waals surface area contributed by atoms with Gasteiger partial charge in [0.1, 0.15) is 0 Å². The first kappa shape index (κ1) is 11.9. The molecule has 1 heterocycles. The summed E-state index contributed by atoms with van der Waals surface area (Å²) in [6.07, 6.45) is 0. The van der Waals surface area contributed by atoms with Crippen molar-refractivity contribution in [2.75, 3.05) is 26.3 Å². The molecule has 0 N–H and O–H groups in total. The van der Waals surface area contributed by atoms with Gasteiger partial charge in [-0.1, -0.05) is 27.5 Å². The van der Waals surface area contributed by atoms with Gasteiger partial charge < -0.3 is 9.64 Å². The van der Waals surface area contributed by atoms with Gasteiger partial charge in [-0.25, -0.2) is 0 Å². The lowest BCUT2D eigenvalue weighted by Gasteiger charge is -2.27. The minimum absolute atomic E-state index is 0.0328. The first-order valence-electron chi connectivity index (χ1n) is 5.00. The van der Waals surface area contributed by atoms with Crippen LogP contribution in [0.3, 0.4) is 0 Å². The minimum atomic E-state index is -0.0328. The van der Waals surface area contributed by atoms with E-state index >= 15 is 0 Å². The van der Waals surface area contributed by atoms with Gasteiger partial charge in [0.25, 0.3) is 5.91 Å². The van der Waals surface area contributed by atoms with Crippen molar-refractivity contribution in [3.05, 3.63) is 33.3 Å². The van der Waals surface area contributed by atoms with Gasteiger partial charge in [-0.2, -0.15) is 0 Å². The zero-order valence-corrected chi connectivity index (χ0v) is 10.9. The molecule has 1 aliphatic rings. The Morgan fingerprint density at radius 3 is 2.75 bits per heavy atom. The molecule has 86 valence electrons. The average molecular weight is 305 g/mol. The molecule has 1 saturated heterocycles. The number of morpholine rings is 1. The lowest BCUT2D eigenvalue weighted by Crippen LogP contribution is -2.40. The van der Waals surface area contributed by atoms with Crippen LogP contribution in [-0.2, 0) is 4.74 Å². The number of hydrogen-bond acceptors (Lipinski definition) is 2. The molecule has 1 amide bonds. The fourth-order valence-corrected chi connectivity index (χ4v) is 2.16. The third-order valence-corrected chi connectivity index (χ3v) is 3.28. The molecule has 0 unspecified atom stereocenters. The van der Waals surface area contributed by atoms with Crippen LogP contribution in [0.5, 0.6) is 0 Å². The highest BCUT2D eigenvalue weighted by Crippen LogP contribution is 2.22. The summed E-state index contributed by atoms with van der Waals surface area (Å²) in [6.45, 7) is 2.44. The molecule has 0 aliphatic carbocycles. The largest absolute Gasteiger partial charge is 0.378 e. The van der Waals surface area contributed by atoms with Crippen molar-refractivity contribution in [2.45, 2.75) is 0 Å². The number of benzene rings is 1. The van der Waals surface area contributed by atoms with Crippen LogP contribution in [-0.4, -0.2) is 37.1 Å². The maximum Gasteiger partial charge on any atom is 0.255 e. The molecule has 16 heavy (non-hydrogen) atoms. The number of amides is 1. The molecule has 5 heteroatoms. The van der Waals surface area contributed by atoms with Gasteiger partial charge in [-0.3, -0.25) is 4.79 Å². The van der Waals surface area contributed by atoms with Crippen LogP contribution < -0.4 is 0 Å². The standard InChI is InChI=1S/C11H11BrClNO2/c12-8-1-2-10(13)9(7-8)11(15)14-3-5-16-6-4-14/h1-2,7H,3-6H2. The first-order chi connectivity index (χ1) is 7.68. The Hall–Kier alpha value is -0.580. The van der Waals surface area contributed by atoms with E-state index in [1.807, 2.05) is 6.07 Å². The number of rotatable bonds is 1. The minimum Gasteiger partial charge on any atom is -0.378 e. The second-order valence-corrected chi connectivity index (χ2v) is 4.85. The summed E-state index contributed by atoms with van der Waals surface area (Å²) in [6, 6.07) is 5.29. The van der Waals surface area contributed by atoms with Gasteiger partial charge in [0, 0.05) is 17.6 Å². The smallest absolute Gasteiger partial charge is 0.255 e. The van der Waals surface area contributed by atoms with Gasteiger partial charge in [0.15, 0.2) is 0 Å². The van der Waals surface area contributed by atoms with Crippen molar-refractivity contribution in [1.29, 1.82) is 0 Å². The average Bonchev–Trinajstić information content (AvgIpc) is 2.32. The van der Waals surface area contributed by atoms with Crippen LogP contribution in [0.4, 0.5) is 0 Å². The Bertz CT molecular complexity index is 405. The SMILES string of the molecule is O=C(c1cc(Br)ccc1Cl)N1CCOCC1. The zero-order valence-electron chi connectivity index (χ0n) is 8.58. The zero-order chi connectivity index (χ0) is 11.5. The van der Waals surface area contributed by atoms with Crippen LogP contribution >= 0.6 is 27.5 Å². The molecule has 0 aromatic heterocycles. The van der Waals surface area contributed by atoms with Gasteiger partial charge in [0.05, 0.1) is 23.8 Å². The number of halogens is 2. The summed E-state index contributed by atoms with van der Waals surface area (Å²) in [5, 5.41) is 0.486. The van der Waals surface area contributed by atoms with Crippen LogP contribution in [0, 0.1) is 0 Å². The molecular formula is C11H11BrClNO2. The van der Waals surface area contributed by atoms with Crippen molar-refractivity contribution in [1.82, 2.24) is 4.90 Å². The Kier molecular flexibility index (Phi) is 3.84. The Morgan fingerprint density at radius 1 is 1.38 bits per heavy atom. The molecule has 1 aliphatic heterocycles. The van der Waals surface area contributed by atoms with Crippen molar-refractivity contribution < 1.29 is 9.53 Å². The van der Waals surface area contributed by atoms with Crippen LogP contribution in [0.1, 0.15) is 10.4 Å². The Labute approximate surface area is 107 Å². The molecule has 0 bridgehead atoms. The van der Waals surface area contributed by atoms with Crippen molar-refractivity contribution in [3.63, 3.8) is 0 Å². The molecule has 0 radical (unpaired) electrons. The van der Waals surface area contributed by atoms with E-state index in [0.717, 1.165) is 4.47 Å². The van der Waals surface area contributed by atoms with E-state index in [4.69, 9.17) is 16.3 Å². The van der Waals surface area contributed by atoms with Gasteiger partial charge in [-0.05, 0) is 18.2 Å². The first-order valence-corrected chi connectivity index (χ1v) is 6.17. The van der Waals surface area contributed by atoms with E-state index in [0.29, 0.717) is 36.9 Å². The monoisotopic (exact) mass is 303 g/mol. The molecule has 1 aromatic carbocycles. The van der Waals surface area contributed by atoms with Gasteiger partial charge >= 0.3 is 0 Å².